The normalized spacial score (nSPS) is 19.7. The van der Waals surface area contributed by atoms with Crippen molar-refractivity contribution < 1.29 is 19.1 Å². The average Bonchev–Trinajstić information content (AvgIpc) is 2.87. The van der Waals surface area contributed by atoms with E-state index >= 15 is 0 Å². The number of imide groups is 1. The van der Waals surface area contributed by atoms with Crippen LogP contribution in [0.3, 0.4) is 0 Å². The predicted molar refractivity (Wildman–Crippen MR) is 92.5 cm³/mol. The van der Waals surface area contributed by atoms with Crippen molar-refractivity contribution in [3.05, 3.63) is 60.2 Å². The largest absolute Gasteiger partial charge is 0.497 e. The molecule has 1 heterocycles. The average molecular weight is 340 g/mol. The molecule has 0 saturated carbocycles. The van der Waals surface area contributed by atoms with E-state index in [-0.39, 0.29) is 19.1 Å². The van der Waals surface area contributed by atoms with Gasteiger partial charge in [-0.1, -0.05) is 30.3 Å². The monoisotopic (exact) mass is 340 g/mol. The van der Waals surface area contributed by atoms with Gasteiger partial charge >= 0.3 is 6.03 Å². The molecule has 0 spiro atoms. The van der Waals surface area contributed by atoms with Crippen molar-refractivity contribution in [1.29, 1.82) is 0 Å². The van der Waals surface area contributed by atoms with Crippen LogP contribution in [0.25, 0.3) is 0 Å². The summed E-state index contributed by atoms with van der Waals surface area (Å²) in [6, 6.07) is 15.9. The number of benzene rings is 2. The van der Waals surface area contributed by atoms with Crippen LogP contribution >= 0.6 is 0 Å². The molecule has 0 radical (unpaired) electrons. The number of rotatable bonds is 6. The highest BCUT2D eigenvalue weighted by molar-refractivity contribution is 6.07. The fourth-order valence-electron chi connectivity index (χ4n) is 2.79. The van der Waals surface area contributed by atoms with Gasteiger partial charge in [0.2, 0.25) is 0 Å². The van der Waals surface area contributed by atoms with Gasteiger partial charge in [0.1, 0.15) is 23.6 Å². The van der Waals surface area contributed by atoms with Crippen LogP contribution < -0.4 is 14.8 Å². The Kier molecular flexibility index (Phi) is 4.61. The van der Waals surface area contributed by atoms with Crippen LogP contribution in [0.5, 0.6) is 11.5 Å². The predicted octanol–water partition coefficient (Wildman–Crippen LogP) is 2.54. The minimum atomic E-state index is -1.04. The van der Waals surface area contributed by atoms with Crippen LogP contribution in [0.15, 0.2) is 54.6 Å². The molecule has 1 saturated heterocycles. The molecule has 1 aliphatic rings. The minimum absolute atomic E-state index is 0.180. The first-order chi connectivity index (χ1) is 12.0. The highest BCUT2D eigenvalue weighted by Crippen LogP contribution is 2.28. The van der Waals surface area contributed by atoms with E-state index in [1.165, 1.54) is 4.90 Å². The zero-order valence-corrected chi connectivity index (χ0v) is 14.2. The van der Waals surface area contributed by atoms with Gasteiger partial charge in [0, 0.05) is 0 Å². The Balaban J connectivity index is 1.63. The number of urea groups is 1. The van der Waals surface area contributed by atoms with Crippen molar-refractivity contribution in [1.82, 2.24) is 10.2 Å². The molecule has 0 aliphatic carbocycles. The summed E-state index contributed by atoms with van der Waals surface area (Å²) in [6.07, 6.45) is 0. The molecule has 1 aliphatic heterocycles. The van der Waals surface area contributed by atoms with Gasteiger partial charge in [-0.3, -0.25) is 9.69 Å². The van der Waals surface area contributed by atoms with E-state index in [2.05, 4.69) is 5.32 Å². The summed E-state index contributed by atoms with van der Waals surface area (Å²) in [5.41, 5.74) is -0.287. The number of carbonyl (C=O) groups is 2. The molecule has 25 heavy (non-hydrogen) atoms. The van der Waals surface area contributed by atoms with Gasteiger partial charge in [0.15, 0.2) is 0 Å². The van der Waals surface area contributed by atoms with Gasteiger partial charge < -0.3 is 14.8 Å². The molecule has 2 aromatic rings. The van der Waals surface area contributed by atoms with Crippen LogP contribution in [0.4, 0.5) is 4.79 Å². The van der Waals surface area contributed by atoms with Gasteiger partial charge in [-0.2, -0.15) is 0 Å². The van der Waals surface area contributed by atoms with Gasteiger partial charge in [0.05, 0.1) is 13.7 Å². The van der Waals surface area contributed by atoms with E-state index in [0.29, 0.717) is 5.75 Å². The molecule has 6 heteroatoms. The van der Waals surface area contributed by atoms with Crippen molar-refractivity contribution in [3.8, 4) is 11.5 Å². The Bertz CT molecular complexity index is 761. The Morgan fingerprint density at radius 2 is 1.64 bits per heavy atom. The fraction of sp³-hybridized carbons (Fsp3) is 0.263. The summed E-state index contributed by atoms with van der Waals surface area (Å²) in [7, 11) is 1.59. The Morgan fingerprint density at radius 1 is 1.00 bits per heavy atom. The topological polar surface area (TPSA) is 67.9 Å². The molecule has 0 bridgehead atoms. The number of hydrogen-bond donors (Lipinski definition) is 1. The van der Waals surface area contributed by atoms with E-state index in [9.17, 15) is 9.59 Å². The first kappa shape index (κ1) is 16.8. The summed E-state index contributed by atoms with van der Waals surface area (Å²) in [4.78, 5) is 26.1. The summed E-state index contributed by atoms with van der Waals surface area (Å²) >= 11 is 0. The fourth-order valence-corrected chi connectivity index (χ4v) is 2.79. The third kappa shape index (κ3) is 3.28. The molecule has 2 aromatic carbocycles. The van der Waals surface area contributed by atoms with Crippen LogP contribution in [-0.2, 0) is 10.3 Å². The van der Waals surface area contributed by atoms with E-state index < -0.39 is 11.6 Å². The molecule has 130 valence electrons. The third-order valence-electron chi connectivity index (χ3n) is 4.27. The van der Waals surface area contributed by atoms with E-state index in [1.54, 1.807) is 38.3 Å². The van der Waals surface area contributed by atoms with Crippen molar-refractivity contribution in [2.24, 2.45) is 0 Å². The molecule has 6 nitrogen and oxygen atoms in total. The lowest BCUT2D eigenvalue weighted by Gasteiger charge is -2.22. The van der Waals surface area contributed by atoms with Crippen molar-refractivity contribution in [2.75, 3.05) is 20.3 Å². The second-order valence-corrected chi connectivity index (χ2v) is 5.90. The van der Waals surface area contributed by atoms with Crippen LogP contribution in [0, 0.1) is 0 Å². The number of nitrogens with one attached hydrogen (secondary N) is 1. The maximum Gasteiger partial charge on any atom is 0.325 e. The van der Waals surface area contributed by atoms with Crippen molar-refractivity contribution in [2.45, 2.75) is 12.5 Å². The van der Waals surface area contributed by atoms with E-state index in [4.69, 9.17) is 9.47 Å². The molecule has 0 aromatic heterocycles. The molecule has 0 unspecified atom stereocenters. The lowest BCUT2D eigenvalue weighted by atomic mass is 9.92. The lowest BCUT2D eigenvalue weighted by molar-refractivity contribution is -0.131. The molecule has 1 fully saturated rings. The molecule has 3 rings (SSSR count). The minimum Gasteiger partial charge on any atom is -0.497 e. The lowest BCUT2D eigenvalue weighted by Crippen LogP contribution is -2.41. The number of carbonyl (C=O) groups excluding carboxylic acids is 2. The number of hydrogen-bond acceptors (Lipinski definition) is 4. The summed E-state index contributed by atoms with van der Waals surface area (Å²) in [5, 5.41) is 2.78. The SMILES string of the molecule is COc1ccc(OCCN2C(=O)N[C@](C)(c3ccccc3)C2=O)cc1. The van der Waals surface area contributed by atoms with E-state index in [0.717, 1.165) is 11.3 Å². The summed E-state index contributed by atoms with van der Waals surface area (Å²) in [5.74, 6) is 1.11. The quantitative estimate of drug-likeness (QED) is 0.821. The summed E-state index contributed by atoms with van der Waals surface area (Å²) < 4.78 is 10.7. The number of amides is 3. The maximum atomic E-state index is 12.7. The van der Waals surface area contributed by atoms with Gasteiger partial charge in [0.25, 0.3) is 5.91 Å². The first-order valence-corrected chi connectivity index (χ1v) is 8.01. The molecular formula is C19H20N2O4. The number of nitrogens with zero attached hydrogens (tertiary/aromatic N) is 1. The third-order valence-corrected chi connectivity index (χ3v) is 4.27. The second kappa shape index (κ2) is 6.84. The van der Waals surface area contributed by atoms with Gasteiger partial charge in [-0.05, 0) is 36.8 Å². The zero-order chi connectivity index (χ0) is 17.9. The highest BCUT2D eigenvalue weighted by atomic mass is 16.5. The van der Waals surface area contributed by atoms with Crippen molar-refractivity contribution >= 4 is 11.9 Å². The van der Waals surface area contributed by atoms with Crippen LogP contribution in [0.2, 0.25) is 0 Å². The molecular weight excluding hydrogens is 320 g/mol. The number of ether oxygens (including phenoxy) is 2. The first-order valence-electron chi connectivity index (χ1n) is 8.01. The standard InChI is InChI=1S/C19H20N2O4/c1-19(14-6-4-3-5-7-14)17(22)21(18(23)20-19)12-13-25-16-10-8-15(24-2)9-11-16/h3-11H,12-13H2,1-2H3,(H,20,23)/t19-/m1/s1. The molecule has 3 amide bonds. The maximum absolute atomic E-state index is 12.7. The van der Waals surface area contributed by atoms with Crippen LogP contribution in [-0.4, -0.2) is 37.1 Å². The molecule has 1 N–H and O–H groups in total. The highest BCUT2D eigenvalue weighted by Gasteiger charge is 2.48. The number of methoxy groups -OCH3 is 1. The Hall–Kier alpha value is -3.02. The van der Waals surface area contributed by atoms with Gasteiger partial charge in [-0.25, -0.2) is 4.79 Å². The summed E-state index contributed by atoms with van der Waals surface area (Å²) in [6.45, 7) is 2.11. The van der Waals surface area contributed by atoms with Crippen molar-refractivity contribution in [3.63, 3.8) is 0 Å². The molecule has 1 atom stereocenters. The van der Waals surface area contributed by atoms with Gasteiger partial charge in [-0.15, -0.1) is 0 Å². The Morgan fingerprint density at radius 3 is 2.28 bits per heavy atom. The van der Waals surface area contributed by atoms with E-state index in [1.807, 2.05) is 30.3 Å². The zero-order valence-electron chi connectivity index (χ0n) is 14.2. The van der Waals surface area contributed by atoms with Crippen LogP contribution in [0.1, 0.15) is 12.5 Å². The smallest absolute Gasteiger partial charge is 0.325 e. The Labute approximate surface area is 146 Å². The second-order valence-electron chi connectivity index (χ2n) is 5.90.